The van der Waals surface area contributed by atoms with Crippen molar-refractivity contribution >= 4 is 29.3 Å². The summed E-state index contributed by atoms with van der Waals surface area (Å²) in [7, 11) is 0. The molecule has 1 aromatic heterocycles. The number of nitrogens with one attached hydrogen (secondary N) is 2. The van der Waals surface area contributed by atoms with Crippen molar-refractivity contribution in [2.75, 3.05) is 6.26 Å². The fraction of sp³-hybridized carbons (Fsp3) is 0.400. The molecule has 2 N–H and O–H groups in total. The highest BCUT2D eigenvalue weighted by atomic mass is 35.5. The van der Waals surface area contributed by atoms with Gasteiger partial charge < -0.3 is 19.8 Å². The molecule has 2 aromatic carbocycles. The van der Waals surface area contributed by atoms with Crippen LogP contribution in [0, 0.1) is 25.6 Å². The minimum atomic E-state index is -0.901. The minimum absolute atomic E-state index is 0.0884. The lowest BCUT2D eigenvalue weighted by Crippen LogP contribution is -2.44. The highest BCUT2D eigenvalue weighted by molar-refractivity contribution is 7.98. The first kappa shape index (κ1) is 27.6. The van der Waals surface area contributed by atoms with E-state index in [1.165, 1.54) is 23.9 Å². The topological polar surface area (TPSA) is 80.4 Å². The number of aromatic amines is 1. The zero-order valence-corrected chi connectivity index (χ0v) is 24.0. The number of hydrogen-bond donors (Lipinski definition) is 2. The molecule has 206 valence electrons. The van der Waals surface area contributed by atoms with Gasteiger partial charge in [0, 0.05) is 46.7 Å². The second-order valence-corrected chi connectivity index (χ2v) is 11.8. The van der Waals surface area contributed by atoms with Crippen LogP contribution in [0.4, 0.5) is 4.39 Å². The van der Waals surface area contributed by atoms with Crippen LogP contribution in [0.1, 0.15) is 71.3 Å². The normalized spacial score (nSPS) is 22.1. The summed E-state index contributed by atoms with van der Waals surface area (Å²) in [4.78, 5) is 29.3. The van der Waals surface area contributed by atoms with Gasteiger partial charge in [-0.2, -0.15) is 0 Å². The molecule has 1 aliphatic heterocycles. The Morgan fingerprint density at radius 1 is 1.13 bits per heavy atom. The van der Waals surface area contributed by atoms with Crippen molar-refractivity contribution in [3.05, 3.63) is 85.5 Å². The number of aryl methyl sites for hydroxylation is 1. The van der Waals surface area contributed by atoms with E-state index in [0.29, 0.717) is 39.1 Å². The van der Waals surface area contributed by atoms with Gasteiger partial charge in [-0.3, -0.25) is 9.59 Å². The van der Waals surface area contributed by atoms with Crippen LogP contribution in [-0.4, -0.2) is 22.9 Å². The Labute approximate surface area is 236 Å². The van der Waals surface area contributed by atoms with Crippen molar-refractivity contribution in [2.45, 2.75) is 69.6 Å². The summed E-state index contributed by atoms with van der Waals surface area (Å²) < 4.78 is 26.1. The van der Waals surface area contributed by atoms with Gasteiger partial charge in [0.1, 0.15) is 5.82 Å². The van der Waals surface area contributed by atoms with E-state index in [1.54, 1.807) is 6.07 Å². The van der Waals surface area contributed by atoms with Gasteiger partial charge in [0.25, 0.3) is 17.3 Å². The number of amides is 1. The van der Waals surface area contributed by atoms with Crippen molar-refractivity contribution in [3.8, 4) is 11.5 Å². The van der Waals surface area contributed by atoms with Crippen LogP contribution in [0.3, 0.4) is 0 Å². The van der Waals surface area contributed by atoms with Crippen LogP contribution in [0.2, 0.25) is 5.02 Å². The van der Waals surface area contributed by atoms with Crippen LogP contribution in [0.25, 0.3) is 0 Å². The van der Waals surface area contributed by atoms with E-state index < -0.39 is 5.79 Å². The van der Waals surface area contributed by atoms with Gasteiger partial charge >= 0.3 is 0 Å². The molecule has 0 saturated heterocycles. The number of ether oxygens (including phenoxy) is 2. The average molecular weight is 571 g/mol. The number of carbonyl (C=O) groups excluding carboxylic acids is 1. The third-order valence-electron chi connectivity index (χ3n) is 7.98. The van der Waals surface area contributed by atoms with Crippen LogP contribution >= 0.6 is 23.4 Å². The number of H-pyrrole nitrogens is 1. The first-order valence-corrected chi connectivity index (χ1v) is 14.7. The van der Waals surface area contributed by atoms with E-state index in [-0.39, 0.29) is 29.7 Å². The number of fused-ring (bicyclic) bond motifs is 1. The fourth-order valence-corrected chi connectivity index (χ4v) is 6.67. The first-order valence-electron chi connectivity index (χ1n) is 13.1. The third-order valence-corrected chi connectivity index (χ3v) is 9.06. The minimum Gasteiger partial charge on any atom is -0.448 e. The summed E-state index contributed by atoms with van der Waals surface area (Å²) in [5.41, 5.74) is 3.23. The van der Waals surface area contributed by atoms with E-state index >= 15 is 0 Å². The van der Waals surface area contributed by atoms with Gasteiger partial charge in [0.2, 0.25) is 0 Å². The van der Waals surface area contributed by atoms with Gasteiger partial charge in [0.05, 0.1) is 5.02 Å². The Morgan fingerprint density at radius 2 is 1.79 bits per heavy atom. The van der Waals surface area contributed by atoms with E-state index in [2.05, 4.69) is 10.3 Å². The molecule has 1 aliphatic carbocycles. The van der Waals surface area contributed by atoms with Gasteiger partial charge in [-0.25, -0.2) is 4.39 Å². The van der Waals surface area contributed by atoms with E-state index in [9.17, 15) is 14.0 Å². The van der Waals surface area contributed by atoms with E-state index in [1.807, 2.05) is 45.2 Å². The lowest BCUT2D eigenvalue weighted by molar-refractivity contribution is -0.121. The number of halogens is 2. The van der Waals surface area contributed by atoms with Crippen molar-refractivity contribution in [1.82, 2.24) is 10.3 Å². The predicted octanol–water partition coefficient (Wildman–Crippen LogP) is 6.90. The molecule has 0 radical (unpaired) electrons. The van der Waals surface area contributed by atoms with Gasteiger partial charge in [-0.1, -0.05) is 23.7 Å². The number of benzene rings is 2. The largest absolute Gasteiger partial charge is 0.448 e. The number of pyridine rings is 1. The molecule has 0 bridgehead atoms. The summed E-state index contributed by atoms with van der Waals surface area (Å²) in [6.07, 6.45) is 5.57. The Balaban J connectivity index is 1.30. The van der Waals surface area contributed by atoms with Crippen molar-refractivity contribution in [3.63, 3.8) is 0 Å². The molecule has 1 saturated carbocycles. The number of rotatable bonds is 6. The number of aromatic nitrogens is 1. The maximum Gasteiger partial charge on any atom is 0.254 e. The quantitative estimate of drug-likeness (QED) is 0.315. The molecule has 1 amide bonds. The van der Waals surface area contributed by atoms with E-state index in [4.69, 9.17) is 21.1 Å². The molecule has 2 heterocycles. The maximum absolute atomic E-state index is 13.3. The van der Waals surface area contributed by atoms with Crippen LogP contribution in [-0.2, 0) is 6.54 Å². The Bertz CT molecular complexity index is 1470. The molecular weight excluding hydrogens is 539 g/mol. The molecule has 1 fully saturated rings. The summed E-state index contributed by atoms with van der Waals surface area (Å²) in [5, 5.41) is 3.17. The summed E-state index contributed by atoms with van der Waals surface area (Å²) in [6.45, 7) is 5.66. The second-order valence-electron chi connectivity index (χ2n) is 10.5. The molecule has 2 aliphatic rings. The average Bonchev–Trinajstić information content (AvgIpc) is 3.30. The second kappa shape index (κ2) is 10.9. The smallest absolute Gasteiger partial charge is 0.254 e. The zero-order chi connectivity index (χ0) is 27.9. The maximum atomic E-state index is 13.3. The van der Waals surface area contributed by atoms with Crippen LogP contribution < -0.4 is 20.3 Å². The Hall–Kier alpha value is -2.97. The number of thioether (sulfide) groups is 1. The highest BCUT2D eigenvalue weighted by Crippen LogP contribution is 2.52. The Kier molecular flexibility index (Phi) is 7.71. The molecule has 0 unspecified atom stereocenters. The molecule has 3 aromatic rings. The van der Waals surface area contributed by atoms with Crippen LogP contribution in [0.15, 0.2) is 46.1 Å². The van der Waals surface area contributed by atoms with Crippen molar-refractivity contribution in [1.29, 1.82) is 0 Å². The van der Waals surface area contributed by atoms with Crippen LogP contribution in [0.5, 0.6) is 11.5 Å². The predicted molar refractivity (Wildman–Crippen MR) is 152 cm³/mol. The highest BCUT2D eigenvalue weighted by Gasteiger charge is 2.47. The molecule has 6 nitrogen and oxygen atoms in total. The summed E-state index contributed by atoms with van der Waals surface area (Å²) in [6, 6.07) is 10.3. The lowest BCUT2D eigenvalue weighted by atomic mass is 9.76. The lowest BCUT2D eigenvalue weighted by Gasteiger charge is -2.37. The molecule has 5 rings (SSSR count). The molecule has 9 heteroatoms. The van der Waals surface area contributed by atoms with Gasteiger partial charge in [-0.15, -0.1) is 11.8 Å². The zero-order valence-electron chi connectivity index (χ0n) is 22.5. The number of carbonyl (C=O) groups is 1. The number of hydrogen-bond acceptors (Lipinski definition) is 5. The van der Waals surface area contributed by atoms with Crippen molar-refractivity contribution < 1.29 is 18.7 Å². The summed E-state index contributed by atoms with van der Waals surface area (Å²) in [5.74, 6) is -0.0279. The Morgan fingerprint density at radius 3 is 2.46 bits per heavy atom. The molecule has 0 spiro atoms. The van der Waals surface area contributed by atoms with Crippen molar-refractivity contribution in [2.24, 2.45) is 5.92 Å². The molecule has 39 heavy (non-hydrogen) atoms. The van der Waals surface area contributed by atoms with E-state index in [0.717, 1.165) is 41.8 Å². The van der Waals surface area contributed by atoms with Gasteiger partial charge in [0.15, 0.2) is 11.5 Å². The van der Waals surface area contributed by atoms with Gasteiger partial charge in [-0.05, 0) is 81.5 Å². The standard InChI is InChI=1S/C30H32ClFN2O4S/c1-16-13-25(39-4)23(29(36)34-16)15-33-28(35)22-14-24(31)27-26(17(22)2)37-30(3,38-27)20-9-5-18(6-10-20)19-7-11-21(32)12-8-19/h7-8,11-14,18,20H,5-6,9-10,15H2,1-4H3,(H,33,35)(H,34,36)/t18-,20-,30-/m1/s1. The fourth-order valence-electron chi connectivity index (χ4n) is 5.73. The third kappa shape index (κ3) is 5.41. The molecular formula is C30H32ClFN2O4S. The SMILES string of the molecule is CSc1cc(C)[nH]c(=O)c1CNC(=O)c1cc(Cl)c2c(c1C)O[C@@](C)([C@H]1CC[C@H](c3ccc(F)cc3)CC1)O2. The summed E-state index contributed by atoms with van der Waals surface area (Å²) >= 11 is 8.07. The monoisotopic (exact) mass is 570 g/mol. The molecule has 1 atom stereocenters. The first-order chi connectivity index (χ1) is 18.6.